The Morgan fingerprint density at radius 1 is 1.39 bits per heavy atom. The number of imidazole rings is 1. The maximum absolute atomic E-state index is 4.62. The molecule has 0 saturated heterocycles. The van der Waals surface area contributed by atoms with Gasteiger partial charge >= 0.3 is 0 Å². The van der Waals surface area contributed by atoms with E-state index in [0.717, 1.165) is 19.0 Å². The van der Waals surface area contributed by atoms with Crippen LogP contribution in [0.25, 0.3) is 0 Å². The molecule has 0 aliphatic heterocycles. The van der Waals surface area contributed by atoms with Crippen molar-refractivity contribution in [3.63, 3.8) is 0 Å². The molecule has 1 aliphatic carbocycles. The second-order valence-electron chi connectivity index (χ2n) is 5.79. The van der Waals surface area contributed by atoms with Crippen LogP contribution < -0.4 is 5.32 Å². The van der Waals surface area contributed by atoms with Crippen LogP contribution in [0.1, 0.15) is 58.2 Å². The van der Waals surface area contributed by atoms with Gasteiger partial charge in [0.15, 0.2) is 0 Å². The molecule has 0 spiro atoms. The molecule has 0 amide bonds. The first-order valence-electron chi connectivity index (χ1n) is 7.46. The number of rotatable bonds is 5. The van der Waals surface area contributed by atoms with Crippen molar-refractivity contribution < 1.29 is 0 Å². The smallest absolute Gasteiger partial charge is 0.112 e. The van der Waals surface area contributed by atoms with Crippen molar-refractivity contribution in [1.82, 2.24) is 14.9 Å². The van der Waals surface area contributed by atoms with E-state index in [1.165, 1.54) is 31.5 Å². The van der Waals surface area contributed by atoms with Crippen LogP contribution in [0.4, 0.5) is 0 Å². The highest BCUT2D eigenvalue weighted by Gasteiger charge is 2.29. The average molecular weight is 249 g/mol. The summed E-state index contributed by atoms with van der Waals surface area (Å²) in [5.74, 6) is 2.72. The SMILES string of the molecule is CCn1ccnc1C1CCCCC1CNC(C)C. The lowest BCUT2D eigenvalue weighted by Crippen LogP contribution is -2.34. The minimum Gasteiger partial charge on any atom is -0.335 e. The third-order valence-electron chi connectivity index (χ3n) is 4.12. The van der Waals surface area contributed by atoms with Crippen molar-refractivity contribution in [3.05, 3.63) is 18.2 Å². The minimum absolute atomic E-state index is 0.582. The Morgan fingerprint density at radius 3 is 2.89 bits per heavy atom. The number of aromatic nitrogens is 2. The molecule has 1 fully saturated rings. The summed E-state index contributed by atoms with van der Waals surface area (Å²) in [6.07, 6.45) is 9.48. The lowest BCUT2D eigenvalue weighted by atomic mass is 9.78. The van der Waals surface area contributed by atoms with E-state index in [1.807, 2.05) is 6.20 Å². The van der Waals surface area contributed by atoms with Gasteiger partial charge < -0.3 is 9.88 Å². The summed E-state index contributed by atoms with van der Waals surface area (Å²) < 4.78 is 2.32. The Hall–Kier alpha value is -0.830. The van der Waals surface area contributed by atoms with Crippen molar-refractivity contribution in [3.8, 4) is 0 Å². The average Bonchev–Trinajstić information content (AvgIpc) is 2.84. The zero-order valence-electron chi connectivity index (χ0n) is 12.0. The Balaban J connectivity index is 2.07. The number of hydrogen-bond donors (Lipinski definition) is 1. The van der Waals surface area contributed by atoms with E-state index in [2.05, 4.69) is 41.8 Å². The molecule has 3 heteroatoms. The lowest BCUT2D eigenvalue weighted by Gasteiger charge is -2.32. The maximum Gasteiger partial charge on any atom is 0.112 e. The van der Waals surface area contributed by atoms with Crippen LogP contribution in [0.15, 0.2) is 12.4 Å². The molecule has 2 atom stereocenters. The number of hydrogen-bond acceptors (Lipinski definition) is 2. The van der Waals surface area contributed by atoms with Crippen molar-refractivity contribution >= 4 is 0 Å². The van der Waals surface area contributed by atoms with Gasteiger partial charge in [-0.3, -0.25) is 0 Å². The minimum atomic E-state index is 0.582. The van der Waals surface area contributed by atoms with Crippen LogP contribution in [0.3, 0.4) is 0 Å². The van der Waals surface area contributed by atoms with E-state index in [4.69, 9.17) is 0 Å². The van der Waals surface area contributed by atoms with Crippen LogP contribution in [-0.2, 0) is 6.54 Å². The van der Waals surface area contributed by atoms with Gasteiger partial charge in [-0.1, -0.05) is 26.7 Å². The van der Waals surface area contributed by atoms with Crippen molar-refractivity contribution in [1.29, 1.82) is 0 Å². The molecule has 0 bridgehead atoms. The van der Waals surface area contributed by atoms with Gasteiger partial charge in [0.1, 0.15) is 5.82 Å². The van der Waals surface area contributed by atoms with Crippen LogP contribution in [0, 0.1) is 5.92 Å². The summed E-state index contributed by atoms with van der Waals surface area (Å²) in [6, 6.07) is 0.582. The quantitative estimate of drug-likeness (QED) is 0.868. The first-order valence-corrected chi connectivity index (χ1v) is 7.46. The molecule has 2 rings (SSSR count). The molecular formula is C15H27N3. The predicted octanol–water partition coefficient (Wildman–Crippen LogP) is 3.17. The van der Waals surface area contributed by atoms with Gasteiger partial charge in [0.2, 0.25) is 0 Å². The zero-order valence-corrected chi connectivity index (χ0v) is 12.0. The van der Waals surface area contributed by atoms with Crippen LogP contribution >= 0.6 is 0 Å². The highest BCUT2D eigenvalue weighted by Crippen LogP contribution is 2.36. The van der Waals surface area contributed by atoms with E-state index in [0.29, 0.717) is 12.0 Å². The van der Waals surface area contributed by atoms with Gasteiger partial charge in [0, 0.05) is 30.9 Å². The molecule has 1 heterocycles. The van der Waals surface area contributed by atoms with Gasteiger partial charge in [0.25, 0.3) is 0 Å². The molecule has 1 aromatic heterocycles. The number of nitrogens with zero attached hydrogens (tertiary/aromatic N) is 2. The van der Waals surface area contributed by atoms with E-state index in [-0.39, 0.29) is 0 Å². The van der Waals surface area contributed by atoms with E-state index < -0.39 is 0 Å². The Kier molecular flexibility index (Phi) is 4.81. The van der Waals surface area contributed by atoms with Gasteiger partial charge in [-0.25, -0.2) is 4.98 Å². The maximum atomic E-state index is 4.62. The van der Waals surface area contributed by atoms with Gasteiger partial charge in [-0.05, 0) is 32.2 Å². The largest absolute Gasteiger partial charge is 0.335 e. The summed E-state index contributed by atoms with van der Waals surface area (Å²) in [6.45, 7) is 8.83. The fourth-order valence-electron chi connectivity index (χ4n) is 3.10. The second kappa shape index (κ2) is 6.37. The lowest BCUT2D eigenvalue weighted by molar-refractivity contribution is 0.276. The summed E-state index contributed by atoms with van der Waals surface area (Å²) in [4.78, 5) is 4.62. The fraction of sp³-hybridized carbons (Fsp3) is 0.800. The number of nitrogens with one attached hydrogen (secondary N) is 1. The van der Waals surface area contributed by atoms with Crippen LogP contribution in [-0.4, -0.2) is 22.1 Å². The molecule has 2 unspecified atom stereocenters. The third kappa shape index (κ3) is 3.14. The first-order chi connectivity index (χ1) is 8.72. The van der Waals surface area contributed by atoms with Crippen molar-refractivity contribution in [2.45, 2.75) is 65.0 Å². The first kappa shape index (κ1) is 13.6. The van der Waals surface area contributed by atoms with Crippen molar-refractivity contribution in [2.24, 2.45) is 5.92 Å². The molecule has 1 aliphatic rings. The standard InChI is InChI=1S/C15H27N3/c1-4-18-10-9-16-15(18)14-8-6-5-7-13(14)11-17-12(2)3/h9-10,12-14,17H,4-8,11H2,1-3H3. The molecule has 18 heavy (non-hydrogen) atoms. The Labute approximate surface area is 111 Å². The highest BCUT2D eigenvalue weighted by atomic mass is 15.1. The normalized spacial score (nSPS) is 24.7. The molecule has 0 aromatic carbocycles. The summed E-state index contributed by atoms with van der Waals surface area (Å²) >= 11 is 0. The van der Waals surface area contributed by atoms with Gasteiger partial charge in [-0.2, -0.15) is 0 Å². The van der Waals surface area contributed by atoms with Crippen LogP contribution in [0.2, 0.25) is 0 Å². The molecule has 102 valence electrons. The molecular weight excluding hydrogens is 222 g/mol. The van der Waals surface area contributed by atoms with Gasteiger partial charge in [0.05, 0.1) is 0 Å². The van der Waals surface area contributed by atoms with Gasteiger partial charge in [-0.15, -0.1) is 0 Å². The predicted molar refractivity (Wildman–Crippen MR) is 75.7 cm³/mol. The van der Waals surface area contributed by atoms with Crippen LogP contribution in [0.5, 0.6) is 0 Å². The molecule has 0 radical (unpaired) electrons. The molecule has 3 nitrogen and oxygen atoms in total. The second-order valence-corrected chi connectivity index (χ2v) is 5.79. The molecule has 1 N–H and O–H groups in total. The molecule has 1 saturated carbocycles. The summed E-state index contributed by atoms with van der Waals surface area (Å²) in [7, 11) is 0. The number of aryl methyl sites for hydroxylation is 1. The monoisotopic (exact) mass is 249 g/mol. The third-order valence-corrected chi connectivity index (χ3v) is 4.12. The van der Waals surface area contributed by atoms with E-state index in [1.54, 1.807) is 0 Å². The Bertz CT molecular complexity index is 356. The fourth-order valence-corrected chi connectivity index (χ4v) is 3.10. The zero-order chi connectivity index (χ0) is 13.0. The Morgan fingerprint density at radius 2 is 2.17 bits per heavy atom. The summed E-state index contributed by atoms with van der Waals surface area (Å²) in [5.41, 5.74) is 0. The van der Waals surface area contributed by atoms with Crippen molar-refractivity contribution in [2.75, 3.05) is 6.54 Å². The topological polar surface area (TPSA) is 29.9 Å². The molecule has 1 aromatic rings. The van der Waals surface area contributed by atoms with E-state index >= 15 is 0 Å². The summed E-state index contributed by atoms with van der Waals surface area (Å²) in [5, 5.41) is 3.61. The highest BCUT2D eigenvalue weighted by molar-refractivity contribution is 5.04. The van der Waals surface area contributed by atoms with E-state index in [9.17, 15) is 0 Å².